The summed E-state index contributed by atoms with van der Waals surface area (Å²) in [5, 5.41) is 5.77. The summed E-state index contributed by atoms with van der Waals surface area (Å²) in [7, 11) is 3.04. The SMILES string of the molecule is CCOC(=O)C1(CC2CC2)CNC(=O)CCCN(C(=O)CCOC)CCNC(=O)COc2cc(ccc2OC)C1. The molecule has 0 saturated heterocycles. The van der Waals surface area contributed by atoms with Crippen LogP contribution in [-0.4, -0.2) is 88.8 Å². The number of hydrogen-bond donors (Lipinski definition) is 2. The van der Waals surface area contributed by atoms with Gasteiger partial charge in [-0.3, -0.25) is 19.2 Å². The third-order valence-corrected chi connectivity index (χ3v) is 7.25. The quantitative estimate of drug-likeness (QED) is 0.460. The van der Waals surface area contributed by atoms with E-state index in [-0.39, 0.29) is 69.4 Å². The lowest BCUT2D eigenvalue weighted by Gasteiger charge is -2.32. The topological polar surface area (TPSA) is 133 Å². The van der Waals surface area contributed by atoms with Gasteiger partial charge in [-0.2, -0.15) is 0 Å². The van der Waals surface area contributed by atoms with Gasteiger partial charge < -0.3 is 34.5 Å². The summed E-state index contributed by atoms with van der Waals surface area (Å²) in [6, 6.07) is 5.38. The number of carbonyl (C=O) groups excluding carboxylic acids is 4. The van der Waals surface area contributed by atoms with E-state index in [1.54, 1.807) is 24.0 Å². The molecule has 11 heteroatoms. The summed E-state index contributed by atoms with van der Waals surface area (Å²) in [6.45, 7) is 3.09. The van der Waals surface area contributed by atoms with Crippen LogP contribution in [0, 0.1) is 11.3 Å². The number of amides is 3. The van der Waals surface area contributed by atoms with Crippen molar-refractivity contribution in [3.8, 4) is 11.5 Å². The van der Waals surface area contributed by atoms with Crippen LogP contribution in [0.25, 0.3) is 0 Å². The average molecular weight is 562 g/mol. The van der Waals surface area contributed by atoms with Crippen molar-refractivity contribution in [2.24, 2.45) is 11.3 Å². The van der Waals surface area contributed by atoms with Gasteiger partial charge >= 0.3 is 5.97 Å². The van der Waals surface area contributed by atoms with Gasteiger partial charge in [-0.25, -0.2) is 0 Å². The van der Waals surface area contributed by atoms with Gasteiger partial charge in [-0.1, -0.05) is 18.9 Å². The molecule has 3 rings (SSSR count). The largest absolute Gasteiger partial charge is 0.493 e. The number of benzene rings is 1. The van der Waals surface area contributed by atoms with Crippen molar-refractivity contribution in [3.05, 3.63) is 23.8 Å². The third-order valence-electron chi connectivity index (χ3n) is 7.25. The molecular weight excluding hydrogens is 518 g/mol. The summed E-state index contributed by atoms with van der Waals surface area (Å²) >= 11 is 0. The highest BCUT2D eigenvalue weighted by Crippen LogP contribution is 2.43. The van der Waals surface area contributed by atoms with Gasteiger partial charge in [0.15, 0.2) is 18.1 Å². The molecule has 1 unspecified atom stereocenters. The van der Waals surface area contributed by atoms with Gasteiger partial charge in [-0.15, -0.1) is 0 Å². The number of rotatable bonds is 8. The number of hydrogen-bond acceptors (Lipinski definition) is 8. The van der Waals surface area contributed by atoms with Crippen LogP contribution in [0.5, 0.6) is 11.5 Å². The van der Waals surface area contributed by atoms with E-state index in [0.29, 0.717) is 49.8 Å². The van der Waals surface area contributed by atoms with Gasteiger partial charge in [0.2, 0.25) is 11.8 Å². The van der Waals surface area contributed by atoms with Crippen molar-refractivity contribution in [1.29, 1.82) is 0 Å². The van der Waals surface area contributed by atoms with Crippen LogP contribution in [0.15, 0.2) is 18.2 Å². The first-order valence-corrected chi connectivity index (χ1v) is 14.1. The monoisotopic (exact) mass is 561 g/mol. The number of fused-ring (bicyclic) bond motifs is 2. The van der Waals surface area contributed by atoms with Gasteiger partial charge in [-0.05, 0) is 49.8 Å². The van der Waals surface area contributed by atoms with Crippen LogP contribution in [0.4, 0.5) is 0 Å². The van der Waals surface area contributed by atoms with Gasteiger partial charge in [0, 0.05) is 39.7 Å². The molecule has 3 amide bonds. The van der Waals surface area contributed by atoms with E-state index in [9.17, 15) is 19.2 Å². The fourth-order valence-electron chi connectivity index (χ4n) is 4.95. The molecule has 1 aliphatic carbocycles. The van der Waals surface area contributed by atoms with Crippen LogP contribution in [0.3, 0.4) is 0 Å². The molecule has 1 aromatic carbocycles. The Morgan fingerprint density at radius 1 is 1.12 bits per heavy atom. The lowest BCUT2D eigenvalue weighted by atomic mass is 9.76. The molecule has 40 heavy (non-hydrogen) atoms. The van der Waals surface area contributed by atoms with Crippen LogP contribution in [0.1, 0.15) is 51.0 Å². The Balaban J connectivity index is 1.88. The Hall–Kier alpha value is -3.34. The van der Waals surface area contributed by atoms with Crippen molar-refractivity contribution in [1.82, 2.24) is 15.5 Å². The van der Waals surface area contributed by atoms with Crippen LogP contribution in [-0.2, 0) is 35.1 Å². The molecule has 11 nitrogen and oxygen atoms in total. The van der Waals surface area contributed by atoms with Gasteiger partial charge in [0.1, 0.15) is 0 Å². The predicted octanol–water partition coefficient (Wildman–Crippen LogP) is 1.86. The Morgan fingerprint density at radius 3 is 2.62 bits per heavy atom. The summed E-state index contributed by atoms with van der Waals surface area (Å²) in [5.74, 6) is 0.231. The maximum atomic E-state index is 13.4. The lowest BCUT2D eigenvalue weighted by Crippen LogP contribution is -2.46. The van der Waals surface area contributed by atoms with E-state index in [1.807, 2.05) is 6.07 Å². The molecule has 0 aromatic heterocycles. The third kappa shape index (κ3) is 9.39. The number of nitrogens with zero attached hydrogens (tertiary/aromatic N) is 1. The van der Waals surface area contributed by atoms with E-state index in [2.05, 4.69) is 10.6 Å². The standard InChI is InChI=1S/C29H43N3O8/c1-4-39-28(36)29(17-21-7-8-21)18-22-9-10-23(38-3)24(16-22)40-19-26(34)30-12-14-32(27(35)11-15-37-2)13-5-6-25(33)31-20-29/h9-10,16,21H,4-8,11-15,17-20H2,1-3H3,(H,30,34)(H,31,33). The molecule has 1 fully saturated rings. The van der Waals surface area contributed by atoms with Crippen LogP contribution >= 0.6 is 0 Å². The fourth-order valence-corrected chi connectivity index (χ4v) is 4.95. The van der Waals surface area contributed by atoms with E-state index in [0.717, 1.165) is 18.4 Å². The molecule has 1 heterocycles. The minimum Gasteiger partial charge on any atom is -0.493 e. The highest BCUT2D eigenvalue weighted by Gasteiger charge is 2.44. The van der Waals surface area contributed by atoms with Crippen molar-refractivity contribution < 1.29 is 38.1 Å². The number of methoxy groups -OCH3 is 2. The zero-order valence-electron chi connectivity index (χ0n) is 23.9. The first-order valence-electron chi connectivity index (χ1n) is 14.1. The lowest BCUT2D eigenvalue weighted by molar-refractivity contribution is -0.156. The minimum atomic E-state index is -0.955. The van der Waals surface area contributed by atoms with Crippen LogP contribution < -0.4 is 20.1 Å². The minimum absolute atomic E-state index is 0.116. The highest BCUT2D eigenvalue weighted by molar-refractivity contribution is 5.81. The number of nitrogens with one attached hydrogen (secondary N) is 2. The number of ether oxygens (including phenoxy) is 4. The Kier molecular flexibility index (Phi) is 12.0. The maximum absolute atomic E-state index is 13.4. The Bertz CT molecular complexity index is 1030. The van der Waals surface area contributed by atoms with E-state index in [4.69, 9.17) is 18.9 Å². The summed E-state index contributed by atoms with van der Waals surface area (Å²) < 4.78 is 21.8. The molecule has 2 aliphatic rings. The van der Waals surface area contributed by atoms with Crippen molar-refractivity contribution >= 4 is 23.7 Å². The van der Waals surface area contributed by atoms with Crippen molar-refractivity contribution in [2.75, 3.05) is 60.2 Å². The zero-order chi connectivity index (χ0) is 29.0. The normalized spacial score (nSPS) is 21.2. The maximum Gasteiger partial charge on any atom is 0.314 e. The second kappa shape index (κ2) is 15.4. The van der Waals surface area contributed by atoms with Crippen LogP contribution in [0.2, 0.25) is 0 Å². The molecule has 1 aromatic rings. The molecule has 2 N–H and O–H groups in total. The fraction of sp³-hybridized carbons (Fsp3) is 0.655. The van der Waals surface area contributed by atoms with Crippen molar-refractivity contribution in [3.63, 3.8) is 0 Å². The predicted molar refractivity (Wildman–Crippen MR) is 147 cm³/mol. The molecule has 222 valence electrons. The summed E-state index contributed by atoms with van der Waals surface area (Å²) in [6.07, 6.45) is 3.85. The second-order valence-corrected chi connectivity index (χ2v) is 10.5. The average Bonchev–Trinajstić information content (AvgIpc) is 3.76. The van der Waals surface area contributed by atoms with E-state index in [1.165, 1.54) is 14.2 Å². The Morgan fingerprint density at radius 2 is 1.93 bits per heavy atom. The molecule has 1 saturated carbocycles. The molecule has 0 spiro atoms. The number of carbonyl (C=O) groups is 4. The van der Waals surface area contributed by atoms with Gasteiger partial charge in [0.05, 0.1) is 32.2 Å². The van der Waals surface area contributed by atoms with E-state index < -0.39 is 5.41 Å². The second-order valence-electron chi connectivity index (χ2n) is 10.5. The molecule has 0 radical (unpaired) electrons. The molecule has 1 aliphatic heterocycles. The smallest absolute Gasteiger partial charge is 0.314 e. The molecular formula is C29H43N3O8. The first kappa shape index (κ1) is 31.2. The molecule has 2 bridgehead atoms. The molecule has 1 atom stereocenters. The number of esters is 1. The first-order chi connectivity index (χ1) is 19.3. The van der Waals surface area contributed by atoms with Gasteiger partial charge in [0.25, 0.3) is 5.91 Å². The zero-order valence-corrected chi connectivity index (χ0v) is 23.9. The summed E-state index contributed by atoms with van der Waals surface area (Å²) in [5.41, 5.74) is -0.144. The Labute approximate surface area is 236 Å². The summed E-state index contributed by atoms with van der Waals surface area (Å²) in [4.78, 5) is 53.2. The van der Waals surface area contributed by atoms with Crippen molar-refractivity contribution in [2.45, 2.75) is 51.9 Å². The highest BCUT2D eigenvalue weighted by atomic mass is 16.5. The van der Waals surface area contributed by atoms with E-state index >= 15 is 0 Å².